The highest BCUT2D eigenvalue weighted by Gasteiger charge is 2.07. The predicted octanol–water partition coefficient (Wildman–Crippen LogP) is 3.19. The molecule has 1 aromatic heterocycles. The molecule has 0 saturated heterocycles. The lowest BCUT2D eigenvalue weighted by atomic mass is 10.2. The van der Waals surface area contributed by atoms with Crippen LogP contribution in [0.15, 0.2) is 18.2 Å². The second-order valence-electron chi connectivity index (χ2n) is 3.19. The fourth-order valence-electron chi connectivity index (χ4n) is 1.52. The summed E-state index contributed by atoms with van der Waals surface area (Å²) in [5.41, 5.74) is 6.72. The number of nitrogen functional groups attached to an aromatic ring is 1. The fourth-order valence-corrected chi connectivity index (χ4v) is 2.48. The first-order valence-corrected chi connectivity index (χ1v) is 5.45. The molecule has 0 radical (unpaired) electrons. The van der Waals surface area contributed by atoms with Crippen LogP contribution in [0.3, 0.4) is 0 Å². The summed E-state index contributed by atoms with van der Waals surface area (Å²) in [4.78, 5) is 1.26. The molecule has 1 aromatic carbocycles. The molecule has 2 N–H and O–H groups in total. The maximum absolute atomic E-state index is 5.89. The molecule has 0 bridgehead atoms. The summed E-state index contributed by atoms with van der Waals surface area (Å²) in [6, 6.07) is 5.97. The molecular weight excluding hydrogens is 194 g/mol. The zero-order chi connectivity index (χ0) is 10.1. The quantitative estimate of drug-likeness (QED) is 0.767. The number of ether oxygens (including phenoxy) is 1. The van der Waals surface area contributed by atoms with Crippen LogP contribution < -0.4 is 10.5 Å². The zero-order valence-electron chi connectivity index (χ0n) is 8.33. The normalized spacial score (nSPS) is 10.7. The smallest absolute Gasteiger partial charge is 0.128 e. The molecule has 14 heavy (non-hydrogen) atoms. The Morgan fingerprint density at radius 2 is 2.21 bits per heavy atom. The van der Waals surface area contributed by atoms with Gasteiger partial charge in [0, 0.05) is 16.0 Å². The van der Waals surface area contributed by atoms with Crippen LogP contribution in [-0.4, -0.2) is 6.61 Å². The van der Waals surface area contributed by atoms with Gasteiger partial charge in [-0.15, -0.1) is 11.3 Å². The minimum absolute atomic E-state index is 0.688. The molecule has 0 fully saturated rings. The summed E-state index contributed by atoms with van der Waals surface area (Å²) in [5.74, 6) is 0.932. The highest BCUT2D eigenvalue weighted by Crippen LogP contribution is 2.36. The number of hydrogen-bond donors (Lipinski definition) is 1. The Morgan fingerprint density at radius 1 is 1.43 bits per heavy atom. The Labute approximate surface area is 87.3 Å². The lowest BCUT2D eigenvalue weighted by Crippen LogP contribution is -1.92. The van der Waals surface area contributed by atoms with Crippen LogP contribution in [-0.2, 0) is 0 Å². The summed E-state index contributed by atoms with van der Waals surface area (Å²) in [7, 11) is 0. The first kappa shape index (κ1) is 9.34. The number of rotatable bonds is 2. The van der Waals surface area contributed by atoms with E-state index in [1.165, 1.54) is 4.88 Å². The number of anilines is 1. The number of thiophene rings is 1. The Bertz CT molecular complexity index is 462. The van der Waals surface area contributed by atoms with Crippen molar-refractivity contribution >= 4 is 27.1 Å². The van der Waals surface area contributed by atoms with E-state index in [1.807, 2.05) is 19.1 Å². The van der Waals surface area contributed by atoms with Crippen LogP contribution in [0, 0.1) is 6.92 Å². The van der Waals surface area contributed by atoms with Gasteiger partial charge in [-0.05, 0) is 32.0 Å². The predicted molar refractivity (Wildman–Crippen MR) is 62.1 cm³/mol. The molecule has 3 heteroatoms. The first-order valence-electron chi connectivity index (χ1n) is 4.63. The Morgan fingerprint density at radius 3 is 2.93 bits per heavy atom. The average molecular weight is 207 g/mol. The minimum Gasteiger partial charge on any atom is -0.493 e. The Balaban J connectivity index is 2.68. The molecule has 0 aliphatic rings. The molecule has 0 aliphatic heterocycles. The average Bonchev–Trinajstić information content (AvgIpc) is 2.53. The third-order valence-corrected chi connectivity index (χ3v) is 3.20. The van der Waals surface area contributed by atoms with Gasteiger partial charge < -0.3 is 10.5 Å². The van der Waals surface area contributed by atoms with Gasteiger partial charge in [0.1, 0.15) is 5.75 Å². The van der Waals surface area contributed by atoms with E-state index < -0.39 is 0 Å². The van der Waals surface area contributed by atoms with Gasteiger partial charge in [0.15, 0.2) is 0 Å². The molecule has 0 atom stereocenters. The van der Waals surface area contributed by atoms with Crippen LogP contribution in [0.2, 0.25) is 0 Å². The lowest BCUT2D eigenvalue weighted by molar-refractivity contribution is 0.344. The van der Waals surface area contributed by atoms with Crippen LogP contribution in [0.25, 0.3) is 10.1 Å². The van der Waals surface area contributed by atoms with Crippen molar-refractivity contribution in [2.24, 2.45) is 0 Å². The number of nitrogens with two attached hydrogens (primary N) is 1. The Hall–Kier alpha value is -1.22. The van der Waals surface area contributed by atoms with E-state index in [4.69, 9.17) is 10.5 Å². The van der Waals surface area contributed by atoms with Crippen molar-refractivity contribution in [3.8, 4) is 5.75 Å². The van der Waals surface area contributed by atoms with Crippen LogP contribution in [0.4, 0.5) is 5.69 Å². The zero-order valence-corrected chi connectivity index (χ0v) is 9.15. The van der Waals surface area contributed by atoms with Crippen molar-refractivity contribution in [1.82, 2.24) is 0 Å². The molecular formula is C11H13NOS. The SMILES string of the molecule is CCOc1ccc(N)c2sc(C)cc12. The third kappa shape index (κ3) is 1.44. The van der Waals surface area contributed by atoms with Crippen molar-refractivity contribution in [3.05, 3.63) is 23.1 Å². The summed E-state index contributed by atoms with van der Waals surface area (Å²) in [6.07, 6.45) is 0. The summed E-state index contributed by atoms with van der Waals surface area (Å²) < 4.78 is 6.67. The van der Waals surface area contributed by atoms with Crippen molar-refractivity contribution in [3.63, 3.8) is 0 Å². The molecule has 2 rings (SSSR count). The number of hydrogen-bond acceptors (Lipinski definition) is 3. The fraction of sp³-hybridized carbons (Fsp3) is 0.273. The van der Waals surface area contributed by atoms with Gasteiger partial charge in [0.2, 0.25) is 0 Å². The van der Waals surface area contributed by atoms with Gasteiger partial charge in [-0.3, -0.25) is 0 Å². The van der Waals surface area contributed by atoms with E-state index in [1.54, 1.807) is 11.3 Å². The molecule has 0 amide bonds. The van der Waals surface area contributed by atoms with E-state index in [9.17, 15) is 0 Å². The van der Waals surface area contributed by atoms with Gasteiger partial charge in [-0.25, -0.2) is 0 Å². The number of benzene rings is 1. The van der Waals surface area contributed by atoms with Crippen molar-refractivity contribution in [2.75, 3.05) is 12.3 Å². The van der Waals surface area contributed by atoms with Crippen molar-refractivity contribution in [2.45, 2.75) is 13.8 Å². The lowest BCUT2D eigenvalue weighted by Gasteiger charge is -2.05. The highest BCUT2D eigenvalue weighted by atomic mass is 32.1. The summed E-state index contributed by atoms with van der Waals surface area (Å²) in [6.45, 7) is 4.76. The molecule has 2 aromatic rings. The van der Waals surface area contributed by atoms with Crippen LogP contribution >= 0.6 is 11.3 Å². The van der Waals surface area contributed by atoms with Gasteiger partial charge in [-0.2, -0.15) is 0 Å². The maximum Gasteiger partial charge on any atom is 0.128 e. The molecule has 74 valence electrons. The molecule has 0 unspecified atom stereocenters. The van der Waals surface area contributed by atoms with E-state index in [2.05, 4.69) is 13.0 Å². The van der Waals surface area contributed by atoms with Crippen LogP contribution in [0.1, 0.15) is 11.8 Å². The van der Waals surface area contributed by atoms with Crippen LogP contribution in [0.5, 0.6) is 5.75 Å². The summed E-state index contributed by atoms with van der Waals surface area (Å²) >= 11 is 1.71. The van der Waals surface area contributed by atoms with E-state index in [0.717, 1.165) is 21.5 Å². The third-order valence-electron chi connectivity index (χ3n) is 2.10. The van der Waals surface area contributed by atoms with Crippen molar-refractivity contribution in [1.29, 1.82) is 0 Å². The molecule has 0 spiro atoms. The van der Waals surface area contributed by atoms with Gasteiger partial charge in [0.25, 0.3) is 0 Å². The topological polar surface area (TPSA) is 35.2 Å². The standard InChI is InChI=1S/C11H13NOS/c1-3-13-10-5-4-9(12)11-8(10)6-7(2)14-11/h4-6H,3,12H2,1-2H3. The summed E-state index contributed by atoms with van der Waals surface area (Å²) in [5, 5.41) is 1.13. The monoisotopic (exact) mass is 207 g/mol. The first-order chi connectivity index (χ1) is 6.72. The van der Waals surface area contributed by atoms with E-state index >= 15 is 0 Å². The molecule has 2 nitrogen and oxygen atoms in total. The molecule has 1 heterocycles. The molecule has 0 aliphatic carbocycles. The number of fused-ring (bicyclic) bond motifs is 1. The Kier molecular flexibility index (Phi) is 2.33. The van der Waals surface area contributed by atoms with Gasteiger partial charge in [0.05, 0.1) is 11.3 Å². The minimum atomic E-state index is 0.688. The second kappa shape index (κ2) is 3.50. The van der Waals surface area contributed by atoms with E-state index in [-0.39, 0.29) is 0 Å². The largest absolute Gasteiger partial charge is 0.493 e. The highest BCUT2D eigenvalue weighted by molar-refractivity contribution is 7.19. The number of aryl methyl sites for hydroxylation is 1. The second-order valence-corrected chi connectivity index (χ2v) is 4.44. The molecule has 0 saturated carbocycles. The van der Waals surface area contributed by atoms with Gasteiger partial charge >= 0.3 is 0 Å². The van der Waals surface area contributed by atoms with Gasteiger partial charge in [-0.1, -0.05) is 0 Å². The maximum atomic E-state index is 5.89. The van der Waals surface area contributed by atoms with Crippen molar-refractivity contribution < 1.29 is 4.74 Å². The van der Waals surface area contributed by atoms with E-state index in [0.29, 0.717) is 6.61 Å².